The Hall–Kier alpha value is -4.04. The number of nitro groups is 1. The summed E-state index contributed by atoms with van der Waals surface area (Å²) in [6.07, 6.45) is 0. The third-order valence-electron chi connectivity index (χ3n) is 4.34. The molecule has 0 bridgehead atoms. The number of anilines is 1. The van der Waals surface area contributed by atoms with Crippen LogP contribution in [0.15, 0.2) is 77.9 Å². The second-order valence-electron chi connectivity index (χ2n) is 6.45. The van der Waals surface area contributed by atoms with Crippen molar-refractivity contribution >= 4 is 40.5 Å². The number of benzene rings is 3. The van der Waals surface area contributed by atoms with Crippen LogP contribution < -0.4 is 10.7 Å². The molecule has 0 aliphatic rings. The van der Waals surface area contributed by atoms with Crippen LogP contribution in [0.4, 0.5) is 11.4 Å². The first-order valence-electron chi connectivity index (χ1n) is 9.10. The van der Waals surface area contributed by atoms with Gasteiger partial charge in [0.2, 0.25) is 0 Å². The maximum absolute atomic E-state index is 12.3. The quantitative estimate of drug-likeness (QED) is 0.332. The molecule has 0 fully saturated rings. The lowest BCUT2D eigenvalue weighted by atomic mass is 10.1. The van der Waals surface area contributed by atoms with Gasteiger partial charge in [-0.3, -0.25) is 19.7 Å². The van der Waals surface area contributed by atoms with Crippen molar-refractivity contribution in [1.82, 2.24) is 5.43 Å². The van der Waals surface area contributed by atoms with Crippen LogP contribution in [0.3, 0.4) is 0 Å². The van der Waals surface area contributed by atoms with E-state index in [9.17, 15) is 19.7 Å². The third kappa shape index (κ3) is 5.52. The molecule has 0 aliphatic carbocycles. The van der Waals surface area contributed by atoms with E-state index in [2.05, 4.69) is 15.8 Å². The number of nitrogens with zero attached hydrogens (tertiary/aromatic N) is 2. The maximum atomic E-state index is 12.3. The minimum Gasteiger partial charge on any atom is -0.322 e. The lowest BCUT2D eigenvalue weighted by Gasteiger charge is -2.07. The Morgan fingerprint density at radius 1 is 0.903 bits per heavy atom. The fraction of sp³-hybridized carbons (Fsp3) is 0.0455. The van der Waals surface area contributed by atoms with Gasteiger partial charge < -0.3 is 5.32 Å². The zero-order chi connectivity index (χ0) is 22.4. The van der Waals surface area contributed by atoms with Gasteiger partial charge in [-0.25, -0.2) is 5.43 Å². The van der Waals surface area contributed by atoms with E-state index in [4.69, 9.17) is 11.6 Å². The van der Waals surface area contributed by atoms with Gasteiger partial charge in [0, 0.05) is 22.3 Å². The minimum atomic E-state index is -0.682. The van der Waals surface area contributed by atoms with E-state index in [0.29, 0.717) is 27.5 Å². The predicted molar refractivity (Wildman–Crippen MR) is 119 cm³/mol. The zero-order valence-electron chi connectivity index (χ0n) is 16.3. The van der Waals surface area contributed by atoms with Crippen molar-refractivity contribution in [3.05, 3.63) is 105 Å². The van der Waals surface area contributed by atoms with Crippen LogP contribution in [0, 0.1) is 10.1 Å². The number of hydrogen-bond acceptors (Lipinski definition) is 5. The second-order valence-corrected chi connectivity index (χ2v) is 6.89. The largest absolute Gasteiger partial charge is 0.322 e. The fourth-order valence-electron chi connectivity index (χ4n) is 2.68. The Bertz CT molecular complexity index is 1160. The molecule has 0 radical (unpaired) electrons. The molecule has 0 aliphatic heterocycles. The molecule has 8 nitrogen and oxygen atoms in total. The normalized spacial score (nSPS) is 11.0. The standard InChI is InChI=1S/C22H17ClN4O4/c1-14(25-26-22(29)19-4-2-3-5-20(19)27(30)31)15-8-12-18(13-9-15)24-21(28)16-6-10-17(23)11-7-16/h2-13H,1H3,(H,24,28)(H,26,29). The highest BCUT2D eigenvalue weighted by molar-refractivity contribution is 6.30. The molecule has 156 valence electrons. The number of hydrazone groups is 1. The number of rotatable bonds is 6. The molecular weight excluding hydrogens is 420 g/mol. The molecule has 0 atom stereocenters. The zero-order valence-corrected chi connectivity index (χ0v) is 17.1. The molecule has 0 spiro atoms. The molecule has 3 rings (SSSR count). The number of halogens is 1. The fourth-order valence-corrected chi connectivity index (χ4v) is 2.81. The first-order chi connectivity index (χ1) is 14.8. The van der Waals surface area contributed by atoms with Gasteiger partial charge in [0.1, 0.15) is 5.56 Å². The average Bonchev–Trinajstić information content (AvgIpc) is 2.78. The van der Waals surface area contributed by atoms with E-state index in [0.717, 1.165) is 0 Å². The van der Waals surface area contributed by atoms with Crippen molar-refractivity contribution in [1.29, 1.82) is 0 Å². The van der Waals surface area contributed by atoms with Crippen molar-refractivity contribution in [2.24, 2.45) is 5.10 Å². The molecule has 0 heterocycles. The van der Waals surface area contributed by atoms with Crippen molar-refractivity contribution in [2.75, 3.05) is 5.32 Å². The van der Waals surface area contributed by atoms with Crippen LogP contribution in [-0.4, -0.2) is 22.4 Å². The van der Waals surface area contributed by atoms with E-state index >= 15 is 0 Å². The number of hydrogen-bond donors (Lipinski definition) is 2. The van der Waals surface area contributed by atoms with Gasteiger partial charge in [-0.2, -0.15) is 5.10 Å². The Morgan fingerprint density at radius 3 is 2.16 bits per heavy atom. The smallest absolute Gasteiger partial charge is 0.282 e. The molecule has 2 N–H and O–H groups in total. The summed E-state index contributed by atoms with van der Waals surface area (Å²) in [4.78, 5) is 34.9. The molecule has 0 saturated heterocycles. The summed E-state index contributed by atoms with van der Waals surface area (Å²) >= 11 is 5.83. The summed E-state index contributed by atoms with van der Waals surface area (Å²) in [5.74, 6) is -0.954. The van der Waals surface area contributed by atoms with E-state index < -0.39 is 10.8 Å². The first kappa shape index (κ1) is 21.7. The van der Waals surface area contributed by atoms with E-state index in [1.54, 1.807) is 55.5 Å². The molecule has 3 aromatic carbocycles. The SMILES string of the molecule is CC(=NNC(=O)c1ccccc1[N+](=O)[O-])c1ccc(NC(=O)c2ccc(Cl)cc2)cc1. The van der Waals surface area contributed by atoms with Crippen molar-refractivity contribution in [3.8, 4) is 0 Å². The molecular formula is C22H17ClN4O4. The van der Waals surface area contributed by atoms with Crippen molar-refractivity contribution in [3.63, 3.8) is 0 Å². The first-order valence-corrected chi connectivity index (χ1v) is 9.48. The molecule has 0 unspecified atom stereocenters. The molecule has 31 heavy (non-hydrogen) atoms. The van der Waals surface area contributed by atoms with Crippen LogP contribution in [-0.2, 0) is 0 Å². The third-order valence-corrected chi connectivity index (χ3v) is 4.59. The van der Waals surface area contributed by atoms with Crippen molar-refractivity contribution in [2.45, 2.75) is 6.92 Å². The predicted octanol–water partition coefficient (Wildman–Crippen LogP) is 4.65. The summed E-state index contributed by atoms with van der Waals surface area (Å²) in [6, 6.07) is 19.0. The highest BCUT2D eigenvalue weighted by Crippen LogP contribution is 2.18. The van der Waals surface area contributed by atoms with Gasteiger partial charge in [0.15, 0.2) is 0 Å². The Kier molecular flexibility index (Phi) is 6.74. The van der Waals surface area contributed by atoms with Gasteiger partial charge >= 0.3 is 0 Å². The lowest BCUT2D eigenvalue weighted by Crippen LogP contribution is -2.20. The number of carbonyl (C=O) groups is 2. The van der Waals surface area contributed by atoms with Gasteiger partial charge in [-0.1, -0.05) is 35.9 Å². The summed E-state index contributed by atoms with van der Waals surface area (Å²) in [7, 11) is 0. The molecule has 0 saturated carbocycles. The monoisotopic (exact) mass is 436 g/mol. The molecule has 2 amide bonds. The Morgan fingerprint density at radius 2 is 1.52 bits per heavy atom. The van der Waals surface area contributed by atoms with Gasteiger partial charge in [-0.15, -0.1) is 0 Å². The van der Waals surface area contributed by atoms with Crippen LogP contribution in [0.5, 0.6) is 0 Å². The highest BCUT2D eigenvalue weighted by atomic mass is 35.5. The number of para-hydroxylation sites is 1. The summed E-state index contributed by atoms with van der Waals surface area (Å²) < 4.78 is 0. The number of amides is 2. The summed E-state index contributed by atoms with van der Waals surface area (Å²) in [6.45, 7) is 1.68. The van der Waals surface area contributed by atoms with Gasteiger partial charge in [0.05, 0.1) is 10.6 Å². The number of carbonyl (C=O) groups excluding carboxylic acids is 2. The highest BCUT2D eigenvalue weighted by Gasteiger charge is 2.18. The average molecular weight is 437 g/mol. The summed E-state index contributed by atoms with van der Waals surface area (Å²) in [5.41, 5.74) is 4.20. The van der Waals surface area contributed by atoms with Crippen LogP contribution in [0.1, 0.15) is 33.2 Å². The van der Waals surface area contributed by atoms with Crippen molar-refractivity contribution < 1.29 is 14.5 Å². The second kappa shape index (κ2) is 9.64. The van der Waals surface area contributed by atoms with E-state index in [-0.39, 0.29) is 17.2 Å². The maximum Gasteiger partial charge on any atom is 0.282 e. The molecule has 9 heteroatoms. The summed E-state index contributed by atoms with van der Waals surface area (Å²) in [5, 5.41) is 18.4. The van der Waals surface area contributed by atoms with E-state index in [1.807, 2.05) is 0 Å². The minimum absolute atomic E-state index is 0.0793. The van der Waals surface area contributed by atoms with E-state index in [1.165, 1.54) is 24.3 Å². The van der Waals surface area contributed by atoms with Crippen LogP contribution in [0.25, 0.3) is 0 Å². The Labute approximate surface area is 182 Å². The van der Waals surface area contributed by atoms with Gasteiger partial charge in [-0.05, 0) is 55.0 Å². The van der Waals surface area contributed by atoms with Crippen LogP contribution in [0.2, 0.25) is 5.02 Å². The van der Waals surface area contributed by atoms with Gasteiger partial charge in [0.25, 0.3) is 17.5 Å². The molecule has 0 aromatic heterocycles. The number of nitro benzene ring substituents is 1. The topological polar surface area (TPSA) is 114 Å². The lowest BCUT2D eigenvalue weighted by molar-refractivity contribution is -0.385. The number of nitrogens with one attached hydrogen (secondary N) is 2. The molecule has 3 aromatic rings. The van der Waals surface area contributed by atoms with Crippen LogP contribution >= 0.6 is 11.6 Å². The Balaban J connectivity index is 1.66.